The Bertz CT molecular complexity index is 2060. The molecule has 2 nitrogen and oxygen atoms in total. The highest BCUT2D eigenvalue weighted by Crippen LogP contribution is 2.45. The molecule has 0 unspecified atom stereocenters. The minimum Gasteiger partial charge on any atom is -0.497 e. The Morgan fingerprint density at radius 3 is 1.44 bits per heavy atom. The Kier molecular flexibility index (Phi) is 5.89. The Balaban J connectivity index is 1.54. The molecule has 0 saturated carbocycles. The van der Waals surface area contributed by atoms with E-state index in [4.69, 9.17) is 9.47 Å². The van der Waals surface area contributed by atoms with Gasteiger partial charge in [-0.25, -0.2) is 0 Å². The van der Waals surface area contributed by atoms with E-state index < -0.39 is 0 Å². The fourth-order valence-electron chi connectivity index (χ4n) is 5.79. The summed E-state index contributed by atoms with van der Waals surface area (Å²) in [5, 5.41) is 9.77. The zero-order valence-corrected chi connectivity index (χ0v) is 23.8. The van der Waals surface area contributed by atoms with Crippen LogP contribution in [0.4, 0.5) is 0 Å². The number of rotatable bonds is 4. The topological polar surface area (TPSA) is 18.5 Å². The van der Waals surface area contributed by atoms with Gasteiger partial charge in [0.25, 0.3) is 0 Å². The monoisotopic (exact) mass is 616 g/mol. The van der Waals surface area contributed by atoms with E-state index in [1.165, 1.54) is 68.9 Å². The molecule has 0 aliphatic heterocycles. The molecule has 7 aromatic carbocycles. The first-order chi connectivity index (χ1) is 19.1. The summed E-state index contributed by atoms with van der Waals surface area (Å²) in [5.41, 5.74) is 4.97. The van der Waals surface area contributed by atoms with Crippen molar-refractivity contribution in [3.05, 3.63) is 119 Å². The molecule has 0 atom stereocenters. The van der Waals surface area contributed by atoms with Crippen LogP contribution in [-0.2, 0) is 0 Å². The zero-order valence-electron chi connectivity index (χ0n) is 21.7. The van der Waals surface area contributed by atoms with Gasteiger partial charge in [-0.3, -0.25) is 0 Å². The summed E-state index contributed by atoms with van der Waals surface area (Å²) in [5.74, 6) is 1.75. The molecule has 0 aliphatic rings. The van der Waals surface area contributed by atoms with E-state index in [-0.39, 0.29) is 0 Å². The minimum absolute atomic E-state index is 0.874. The summed E-state index contributed by atoms with van der Waals surface area (Å²) >= 11 is 2.43. The van der Waals surface area contributed by atoms with E-state index in [0.29, 0.717) is 0 Å². The van der Waals surface area contributed by atoms with Crippen molar-refractivity contribution in [3.8, 4) is 33.8 Å². The number of hydrogen-bond donors (Lipinski definition) is 0. The second kappa shape index (κ2) is 9.58. The SMILES string of the molecule is COc1ccc2cc(-c3c4ccccc4c(-c4ccc5cc(OC)ccc5c4)c4cc(I)ccc34)ccc2c1. The Labute approximate surface area is 240 Å². The van der Waals surface area contributed by atoms with Crippen molar-refractivity contribution >= 4 is 65.7 Å². The smallest absolute Gasteiger partial charge is 0.119 e. The van der Waals surface area contributed by atoms with Gasteiger partial charge in [0.1, 0.15) is 11.5 Å². The second-order valence-corrected chi connectivity index (χ2v) is 11.1. The van der Waals surface area contributed by atoms with Crippen molar-refractivity contribution in [3.63, 3.8) is 0 Å². The van der Waals surface area contributed by atoms with E-state index in [2.05, 4.69) is 126 Å². The Morgan fingerprint density at radius 2 is 0.897 bits per heavy atom. The van der Waals surface area contributed by atoms with E-state index in [0.717, 1.165) is 11.5 Å². The molecule has 188 valence electrons. The molecule has 0 bridgehead atoms. The van der Waals surface area contributed by atoms with Gasteiger partial charge in [0, 0.05) is 3.57 Å². The molecule has 0 saturated heterocycles. The average Bonchev–Trinajstić information content (AvgIpc) is 2.98. The lowest BCUT2D eigenvalue weighted by Gasteiger charge is -2.19. The Morgan fingerprint density at radius 1 is 0.436 bits per heavy atom. The minimum atomic E-state index is 0.874. The number of fused-ring (bicyclic) bond motifs is 4. The molecule has 7 rings (SSSR count). The van der Waals surface area contributed by atoms with Gasteiger partial charge in [-0.2, -0.15) is 0 Å². The van der Waals surface area contributed by atoms with Crippen molar-refractivity contribution < 1.29 is 9.47 Å². The fraction of sp³-hybridized carbons (Fsp3) is 0.0556. The van der Waals surface area contributed by atoms with Crippen molar-refractivity contribution in [1.82, 2.24) is 0 Å². The van der Waals surface area contributed by atoms with Crippen LogP contribution in [0.25, 0.3) is 65.3 Å². The van der Waals surface area contributed by atoms with Crippen LogP contribution in [0, 0.1) is 3.57 Å². The number of hydrogen-bond acceptors (Lipinski definition) is 2. The highest BCUT2D eigenvalue weighted by Gasteiger charge is 2.17. The van der Waals surface area contributed by atoms with Gasteiger partial charge in [-0.05, 0) is 136 Å². The summed E-state index contributed by atoms with van der Waals surface area (Å²) < 4.78 is 12.1. The van der Waals surface area contributed by atoms with Crippen LogP contribution >= 0.6 is 22.6 Å². The van der Waals surface area contributed by atoms with Crippen LogP contribution in [0.3, 0.4) is 0 Å². The molecule has 0 spiro atoms. The molecule has 0 N–H and O–H groups in total. The maximum absolute atomic E-state index is 5.45. The lowest BCUT2D eigenvalue weighted by Crippen LogP contribution is -1.92. The highest BCUT2D eigenvalue weighted by atomic mass is 127. The van der Waals surface area contributed by atoms with Gasteiger partial charge in [-0.15, -0.1) is 0 Å². The lowest BCUT2D eigenvalue weighted by molar-refractivity contribution is 0.415. The van der Waals surface area contributed by atoms with E-state index in [1.807, 2.05) is 12.1 Å². The van der Waals surface area contributed by atoms with E-state index in [1.54, 1.807) is 14.2 Å². The molecule has 0 radical (unpaired) electrons. The van der Waals surface area contributed by atoms with Crippen LogP contribution in [-0.4, -0.2) is 14.2 Å². The van der Waals surface area contributed by atoms with E-state index in [9.17, 15) is 0 Å². The van der Waals surface area contributed by atoms with Gasteiger partial charge >= 0.3 is 0 Å². The number of halogens is 1. The predicted octanol–water partition coefficient (Wildman–Crippen LogP) is 10.3. The standard InChI is InChI=1S/C36H25IO2/c1-38-29-14-11-22-17-26(9-7-24(22)19-29)35-31-5-3-4-6-32(31)36(34-21-28(37)13-16-33(34)35)27-10-8-25-20-30(39-2)15-12-23(25)18-27/h3-21H,1-2H3. The first-order valence-electron chi connectivity index (χ1n) is 12.9. The van der Waals surface area contributed by atoms with Gasteiger partial charge in [-0.1, -0.05) is 66.7 Å². The Hall–Kier alpha value is -4.09. The third-order valence-electron chi connectivity index (χ3n) is 7.66. The van der Waals surface area contributed by atoms with Crippen molar-refractivity contribution in [2.75, 3.05) is 14.2 Å². The average molecular weight is 616 g/mol. The van der Waals surface area contributed by atoms with Crippen LogP contribution in [0.1, 0.15) is 0 Å². The predicted molar refractivity (Wildman–Crippen MR) is 173 cm³/mol. The third-order valence-corrected chi connectivity index (χ3v) is 8.33. The first-order valence-corrected chi connectivity index (χ1v) is 14.0. The van der Waals surface area contributed by atoms with Crippen LogP contribution < -0.4 is 9.47 Å². The van der Waals surface area contributed by atoms with Crippen molar-refractivity contribution in [2.24, 2.45) is 0 Å². The van der Waals surface area contributed by atoms with Gasteiger partial charge in [0.15, 0.2) is 0 Å². The maximum Gasteiger partial charge on any atom is 0.119 e. The summed E-state index contributed by atoms with van der Waals surface area (Å²) in [6.07, 6.45) is 0. The molecular weight excluding hydrogens is 591 g/mol. The van der Waals surface area contributed by atoms with Gasteiger partial charge < -0.3 is 9.47 Å². The molecule has 7 aromatic rings. The molecule has 0 heterocycles. The zero-order chi connectivity index (χ0) is 26.5. The molecule has 0 fully saturated rings. The maximum atomic E-state index is 5.45. The quantitative estimate of drug-likeness (QED) is 0.145. The molecular formula is C36H25IO2. The van der Waals surface area contributed by atoms with Crippen molar-refractivity contribution in [2.45, 2.75) is 0 Å². The summed E-state index contributed by atoms with van der Waals surface area (Å²) in [6.45, 7) is 0. The number of methoxy groups -OCH3 is 2. The highest BCUT2D eigenvalue weighted by molar-refractivity contribution is 14.1. The lowest BCUT2D eigenvalue weighted by atomic mass is 9.85. The number of ether oxygens (including phenoxy) is 2. The van der Waals surface area contributed by atoms with Gasteiger partial charge in [0.2, 0.25) is 0 Å². The second-order valence-electron chi connectivity index (χ2n) is 9.84. The van der Waals surface area contributed by atoms with Crippen LogP contribution in [0.2, 0.25) is 0 Å². The summed E-state index contributed by atoms with van der Waals surface area (Å²) in [6, 6.07) is 41.7. The molecule has 0 aromatic heterocycles. The molecule has 0 aliphatic carbocycles. The van der Waals surface area contributed by atoms with Crippen LogP contribution in [0.15, 0.2) is 115 Å². The summed E-state index contributed by atoms with van der Waals surface area (Å²) in [4.78, 5) is 0. The summed E-state index contributed by atoms with van der Waals surface area (Å²) in [7, 11) is 3.42. The third kappa shape index (κ3) is 4.09. The van der Waals surface area contributed by atoms with Crippen molar-refractivity contribution in [1.29, 1.82) is 0 Å². The van der Waals surface area contributed by atoms with E-state index >= 15 is 0 Å². The normalized spacial score (nSPS) is 11.5. The largest absolute Gasteiger partial charge is 0.497 e. The van der Waals surface area contributed by atoms with Gasteiger partial charge in [0.05, 0.1) is 14.2 Å². The van der Waals surface area contributed by atoms with Crippen LogP contribution in [0.5, 0.6) is 11.5 Å². The molecule has 0 amide bonds. The fourth-order valence-corrected chi connectivity index (χ4v) is 6.28. The number of benzene rings is 7. The first kappa shape index (κ1) is 24.0. The molecule has 3 heteroatoms. The molecule has 39 heavy (non-hydrogen) atoms.